The Morgan fingerprint density at radius 1 is 0.897 bits per heavy atom. The molecule has 0 aliphatic heterocycles. The van der Waals surface area contributed by atoms with Crippen molar-refractivity contribution in [2.75, 3.05) is 14.2 Å². The van der Waals surface area contributed by atoms with Gasteiger partial charge in [0.25, 0.3) is 0 Å². The number of fused-ring (bicyclic) bond motifs is 1. The number of hydrogen-bond donors (Lipinski definition) is 1. The molecule has 146 valence electrons. The largest absolute Gasteiger partial charge is 0.508 e. The van der Waals surface area contributed by atoms with E-state index in [-0.39, 0.29) is 11.2 Å². The Kier molecular flexibility index (Phi) is 4.96. The zero-order chi connectivity index (χ0) is 20.4. The van der Waals surface area contributed by atoms with Crippen LogP contribution in [0.5, 0.6) is 17.2 Å². The van der Waals surface area contributed by atoms with E-state index in [1.54, 1.807) is 20.3 Å². The summed E-state index contributed by atoms with van der Waals surface area (Å²) in [7, 11) is 3.20. The average Bonchev–Trinajstić information content (AvgIpc) is 2.75. The van der Waals surface area contributed by atoms with Gasteiger partial charge in [0.05, 0.1) is 19.6 Å². The van der Waals surface area contributed by atoms with Crippen LogP contribution in [-0.2, 0) is 6.42 Å². The fraction of sp³-hybridized carbons (Fsp3) is 0.125. The SMILES string of the molecule is COc1cccc(Cc2c(-c3cccc(OC)c3)oc3cc(O)ccc3c2=O)c1. The lowest BCUT2D eigenvalue weighted by atomic mass is 9.98. The lowest BCUT2D eigenvalue weighted by Crippen LogP contribution is -2.12. The van der Waals surface area contributed by atoms with Gasteiger partial charge in [0, 0.05) is 23.6 Å². The van der Waals surface area contributed by atoms with Crippen molar-refractivity contribution >= 4 is 11.0 Å². The quantitative estimate of drug-likeness (QED) is 0.533. The van der Waals surface area contributed by atoms with Crippen molar-refractivity contribution in [3.63, 3.8) is 0 Å². The zero-order valence-corrected chi connectivity index (χ0v) is 16.1. The van der Waals surface area contributed by atoms with E-state index >= 15 is 0 Å². The fourth-order valence-corrected chi connectivity index (χ4v) is 3.36. The van der Waals surface area contributed by atoms with Gasteiger partial charge in [0.1, 0.15) is 28.6 Å². The number of rotatable bonds is 5. The third-order valence-electron chi connectivity index (χ3n) is 4.82. The minimum atomic E-state index is -0.133. The number of methoxy groups -OCH3 is 2. The molecular formula is C24H20O5. The van der Waals surface area contributed by atoms with Crippen molar-refractivity contribution in [1.82, 2.24) is 0 Å². The maximum absolute atomic E-state index is 13.3. The van der Waals surface area contributed by atoms with Crippen molar-refractivity contribution in [3.05, 3.63) is 88.1 Å². The van der Waals surface area contributed by atoms with Crippen LogP contribution in [0.2, 0.25) is 0 Å². The number of benzene rings is 3. The van der Waals surface area contributed by atoms with Crippen LogP contribution in [0.1, 0.15) is 11.1 Å². The number of aromatic hydroxyl groups is 1. The lowest BCUT2D eigenvalue weighted by molar-refractivity contribution is 0.414. The summed E-state index contributed by atoms with van der Waals surface area (Å²) in [6, 6.07) is 19.5. The highest BCUT2D eigenvalue weighted by Gasteiger charge is 2.18. The Morgan fingerprint density at radius 3 is 2.38 bits per heavy atom. The summed E-state index contributed by atoms with van der Waals surface area (Å²) in [6.45, 7) is 0. The molecule has 0 atom stereocenters. The molecule has 0 aliphatic rings. The topological polar surface area (TPSA) is 68.9 Å². The minimum absolute atomic E-state index is 0.0396. The van der Waals surface area contributed by atoms with E-state index in [1.807, 2.05) is 48.5 Å². The minimum Gasteiger partial charge on any atom is -0.508 e. The molecule has 0 fully saturated rings. The first-order valence-corrected chi connectivity index (χ1v) is 9.15. The molecule has 0 unspecified atom stereocenters. The van der Waals surface area contributed by atoms with Crippen LogP contribution in [0.15, 0.2) is 75.9 Å². The van der Waals surface area contributed by atoms with Crippen molar-refractivity contribution in [2.24, 2.45) is 0 Å². The van der Waals surface area contributed by atoms with Gasteiger partial charge >= 0.3 is 0 Å². The summed E-state index contributed by atoms with van der Waals surface area (Å²) in [5, 5.41) is 10.3. The monoisotopic (exact) mass is 388 g/mol. The Labute approximate surface area is 167 Å². The molecule has 3 aromatic carbocycles. The van der Waals surface area contributed by atoms with Gasteiger partial charge in [-0.25, -0.2) is 0 Å². The molecule has 0 saturated carbocycles. The highest BCUT2D eigenvalue weighted by Crippen LogP contribution is 2.31. The van der Waals surface area contributed by atoms with Gasteiger partial charge in [-0.3, -0.25) is 4.79 Å². The van der Waals surface area contributed by atoms with Crippen molar-refractivity contribution < 1.29 is 19.0 Å². The van der Waals surface area contributed by atoms with Crippen molar-refractivity contribution in [1.29, 1.82) is 0 Å². The Morgan fingerprint density at radius 2 is 1.62 bits per heavy atom. The zero-order valence-electron chi connectivity index (χ0n) is 16.1. The Balaban J connectivity index is 1.95. The first kappa shape index (κ1) is 18.6. The van der Waals surface area contributed by atoms with Crippen molar-refractivity contribution in [2.45, 2.75) is 6.42 Å². The van der Waals surface area contributed by atoms with Gasteiger partial charge in [-0.15, -0.1) is 0 Å². The van der Waals surface area contributed by atoms with Gasteiger partial charge in [-0.2, -0.15) is 0 Å². The van der Waals surface area contributed by atoms with E-state index in [2.05, 4.69) is 0 Å². The fourth-order valence-electron chi connectivity index (χ4n) is 3.36. The average molecular weight is 388 g/mol. The molecule has 4 rings (SSSR count). The molecule has 1 N–H and O–H groups in total. The Hall–Kier alpha value is -3.73. The summed E-state index contributed by atoms with van der Waals surface area (Å²) >= 11 is 0. The molecule has 5 nitrogen and oxygen atoms in total. The highest BCUT2D eigenvalue weighted by atomic mass is 16.5. The number of hydrogen-bond acceptors (Lipinski definition) is 5. The van der Waals surface area contributed by atoms with Crippen LogP contribution in [0.4, 0.5) is 0 Å². The smallest absolute Gasteiger partial charge is 0.196 e. The molecular weight excluding hydrogens is 368 g/mol. The van der Waals surface area contributed by atoms with E-state index in [1.165, 1.54) is 12.1 Å². The molecule has 5 heteroatoms. The molecule has 0 radical (unpaired) electrons. The molecule has 29 heavy (non-hydrogen) atoms. The van der Waals surface area contributed by atoms with E-state index in [0.29, 0.717) is 34.5 Å². The molecule has 0 amide bonds. The van der Waals surface area contributed by atoms with E-state index in [9.17, 15) is 9.90 Å². The van der Waals surface area contributed by atoms with Crippen LogP contribution >= 0.6 is 0 Å². The third kappa shape index (κ3) is 3.67. The van der Waals surface area contributed by atoms with Gasteiger partial charge in [-0.1, -0.05) is 24.3 Å². The van der Waals surface area contributed by atoms with E-state index < -0.39 is 0 Å². The molecule has 0 saturated heterocycles. The summed E-state index contributed by atoms with van der Waals surface area (Å²) in [6.07, 6.45) is 0.378. The predicted molar refractivity (Wildman–Crippen MR) is 112 cm³/mol. The first-order chi connectivity index (χ1) is 14.1. The lowest BCUT2D eigenvalue weighted by Gasteiger charge is -2.12. The molecule has 1 heterocycles. The maximum Gasteiger partial charge on any atom is 0.196 e. The van der Waals surface area contributed by atoms with Crippen molar-refractivity contribution in [3.8, 4) is 28.6 Å². The number of phenols is 1. The van der Waals surface area contributed by atoms with E-state index in [4.69, 9.17) is 13.9 Å². The predicted octanol–water partition coefficient (Wildman–Crippen LogP) is 4.77. The molecule has 1 aromatic heterocycles. The molecule has 0 bridgehead atoms. The third-order valence-corrected chi connectivity index (χ3v) is 4.82. The second-order valence-corrected chi connectivity index (χ2v) is 6.68. The van der Waals surface area contributed by atoms with Gasteiger partial charge in [-0.05, 0) is 42.0 Å². The van der Waals surface area contributed by atoms with Gasteiger partial charge in [0.15, 0.2) is 5.43 Å². The Bertz CT molecular complexity index is 1240. The summed E-state index contributed by atoms with van der Waals surface area (Å²) in [4.78, 5) is 13.3. The van der Waals surface area contributed by atoms with Gasteiger partial charge in [0.2, 0.25) is 0 Å². The van der Waals surface area contributed by atoms with Gasteiger partial charge < -0.3 is 19.0 Å². The maximum atomic E-state index is 13.3. The summed E-state index contributed by atoms with van der Waals surface area (Å²) in [5.41, 5.74) is 2.39. The number of ether oxygens (including phenoxy) is 2. The second-order valence-electron chi connectivity index (χ2n) is 6.68. The number of phenolic OH excluding ortho intramolecular Hbond substituents is 1. The van der Waals surface area contributed by atoms with Crippen LogP contribution in [-0.4, -0.2) is 19.3 Å². The van der Waals surface area contributed by atoms with Crippen LogP contribution in [0.3, 0.4) is 0 Å². The molecule has 0 spiro atoms. The standard InChI is InChI=1S/C24H20O5/c1-27-18-7-3-5-15(11-18)12-21-23(26)20-10-9-17(25)14-22(20)29-24(21)16-6-4-8-19(13-16)28-2/h3-11,13-14,25H,12H2,1-2H3. The summed E-state index contributed by atoms with van der Waals surface area (Å²) in [5.74, 6) is 1.88. The molecule has 0 aliphatic carbocycles. The highest BCUT2D eigenvalue weighted by molar-refractivity contribution is 5.82. The van der Waals surface area contributed by atoms with Crippen LogP contribution in [0.25, 0.3) is 22.3 Å². The van der Waals surface area contributed by atoms with Crippen LogP contribution in [0, 0.1) is 0 Å². The summed E-state index contributed by atoms with van der Waals surface area (Å²) < 4.78 is 16.8. The molecule has 4 aromatic rings. The first-order valence-electron chi connectivity index (χ1n) is 9.15. The van der Waals surface area contributed by atoms with Crippen LogP contribution < -0.4 is 14.9 Å². The normalized spacial score (nSPS) is 10.8. The van der Waals surface area contributed by atoms with E-state index in [0.717, 1.165) is 16.9 Å². The second kappa shape index (κ2) is 7.72.